The van der Waals surface area contributed by atoms with E-state index in [1.807, 2.05) is 0 Å². The Labute approximate surface area is 53.3 Å². The van der Waals surface area contributed by atoms with Crippen molar-refractivity contribution in [3.8, 4) is 0 Å². The van der Waals surface area contributed by atoms with Gasteiger partial charge >= 0.3 is 0 Å². The van der Waals surface area contributed by atoms with Gasteiger partial charge in [-0.3, -0.25) is 0 Å². The smallest absolute Gasteiger partial charge is 0.0323 e. The predicted octanol–water partition coefficient (Wildman–Crippen LogP) is 2.85. The summed E-state index contributed by atoms with van der Waals surface area (Å²) in [6.45, 7) is 10.4. The van der Waals surface area contributed by atoms with Crippen LogP contribution in [-0.4, -0.2) is 0 Å². The van der Waals surface area contributed by atoms with E-state index in [2.05, 4.69) is 34.1 Å². The fourth-order valence-corrected chi connectivity index (χ4v) is 0.535. The summed E-state index contributed by atoms with van der Waals surface area (Å²) in [5.74, 6) is 0. The summed E-state index contributed by atoms with van der Waals surface area (Å²) in [5.41, 5.74) is 0.177. The van der Waals surface area contributed by atoms with Crippen LogP contribution >= 0.6 is 0 Å². The standard InChI is InChI=1S/C8H16/c1-5-6-7-8(2,3)4/h7H,2,5-6H2,1,3-4H3. The summed E-state index contributed by atoms with van der Waals surface area (Å²) in [6.07, 6.45) is 4.68. The van der Waals surface area contributed by atoms with E-state index in [0.29, 0.717) is 0 Å². The molecule has 0 rings (SSSR count). The monoisotopic (exact) mass is 112 g/mol. The maximum atomic E-state index is 3.95. The lowest BCUT2D eigenvalue weighted by molar-refractivity contribution is 0.533. The van der Waals surface area contributed by atoms with Gasteiger partial charge in [0.05, 0.1) is 0 Å². The minimum atomic E-state index is 0.177. The Balaban J connectivity index is 3.11. The maximum absolute atomic E-state index is 3.95. The van der Waals surface area contributed by atoms with Gasteiger partial charge in [0.2, 0.25) is 0 Å². The van der Waals surface area contributed by atoms with Gasteiger partial charge in [-0.05, 0) is 25.2 Å². The molecule has 0 spiro atoms. The van der Waals surface area contributed by atoms with Gasteiger partial charge in [0.1, 0.15) is 0 Å². The zero-order valence-electron chi connectivity index (χ0n) is 6.20. The Morgan fingerprint density at radius 3 is 2.12 bits per heavy atom. The van der Waals surface area contributed by atoms with Crippen LogP contribution in [-0.2, 0) is 0 Å². The van der Waals surface area contributed by atoms with Crippen LogP contribution in [0.3, 0.4) is 0 Å². The lowest BCUT2D eigenvalue weighted by Crippen LogP contribution is -2.04. The van der Waals surface area contributed by atoms with Crippen molar-refractivity contribution in [1.29, 1.82) is 0 Å². The van der Waals surface area contributed by atoms with Crippen LogP contribution in [0.25, 0.3) is 0 Å². The van der Waals surface area contributed by atoms with Gasteiger partial charge in [-0.1, -0.05) is 27.2 Å². The first kappa shape index (κ1) is 8.00. The molecule has 0 bridgehead atoms. The van der Waals surface area contributed by atoms with E-state index in [0.717, 1.165) is 0 Å². The van der Waals surface area contributed by atoms with Crippen LogP contribution in [0.15, 0.2) is 0 Å². The second kappa shape index (κ2) is 3.11. The quantitative estimate of drug-likeness (QED) is 0.526. The molecular formula is C8H16. The highest BCUT2D eigenvalue weighted by molar-refractivity contribution is 4.85. The van der Waals surface area contributed by atoms with Crippen molar-refractivity contribution in [2.45, 2.75) is 33.6 Å². The Hall–Kier alpha value is 0. The number of hydrogen-bond acceptors (Lipinski definition) is 0. The molecular weight excluding hydrogens is 96.1 g/mol. The first-order valence-electron chi connectivity index (χ1n) is 3.26. The summed E-state index contributed by atoms with van der Waals surface area (Å²) in [6, 6.07) is 0. The largest absolute Gasteiger partial charge is 0.0654 e. The van der Waals surface area contributed by atoms with Crippen molar-refractivity contribution in [1.82, 2.24) is 0 Å². The second-order valence-corrected chi connectivity index (χ2v) is 2.98. The molecule has 0 fully saturated rings. The molecule has 0 aliphatic rings. The van der Waals surface area contributed by atoms with E-state index < -0.39 is 0 Å². The van der Waals surface area contributed by atoms with Gasteiger partial charge in [0.25, 0.3) is 0 Å². The predicted molar refractivity (Wildman–Crippen MR) is 38.3 cm³/mol. The molecule has 0 amide bonds. The van der Waals surface area contributed by atoms with Gasteiger partial charge in [-0.25, -0.2) is 0 Å². The minimum Gasteiger partial charge on any atom is -0.0654 e. The van der Waals surface area contributed by atoms with Crippen molar-refractivity contribution >= 4 is 0 Å². The Morgan fingerprint density at radius 1 is 1.50 bits per heavy atom. The van der Waals surface area contributed by atoms with Gasteiger partial charge in [0, 0.05) is 0 Å². The van der Waals surface area contributed by atoms with Crippen LogP contribution in [0.5, 0.6) is 0 Å². The SMILES string of the molecule is [CH2]C(C)(C)[CH]CCC. The molecule has 0 nitrogen and oxygen atoms in total. The van der Waals surface area contributed by atoms with E-state index in [9.17, 15) is 0 Å². The molecule has 0 aliphatic heterocycles. The number of unbranched alkanes of at least 4 members (excludes halogenated alkanes) is 1. The topological polar surface area (TPSA) is 0 Å². The Bertz CT molecular complexity index is 47.5. The molecule has 0 heteroatoms. The average Bonchev–Trinajstić information content (AvgIpc) is 1.59. The van der Waals surface area contributed by atoms with Gasteiger partial charge in [-0.2, -0.15) is 0 Å². The van der Waals surface area contributed by atoms with E-state index in [1.54, 1.807) is 0 Å². The molecule has 0 saturated heterocycles. The van der Waals surface area contributed by atoms with Crippen LogP contribution in [0.2, 0.25) is 0 Å². The highest BCUT2D eigenvalue weighted by Gasteiger charge is 2.07. The summed E-state index contributed by atoms with van der Waals surface area (Å²) in [5, 5.41) is 0. The molecule has 2 radical (unpaired) electrons. The molecule has 0 aromatic carbocycles. The molecule has 0 saturated carbocycles. The lowest BCUT2D eigenvalue weighted by Gasteiger charge is -2.15. The number of rotatable bonds is 3. The first-order valence-corrected chi connectivity index (χ1v) is 3.26. The third-order valence-corrected chi connectivity index (χ3v) is 0.986. The van der Waals surface area contributed by atoms with E-state index >= 15 is 0 Å². The second-order valence-electron chi connectivity index (χ2n) is 2.98. The normalized spacial score (nSPS) is 12.0. The molecule has 0 unspecified atom stereocenters. The first-order chi connectivity index (χ1) is 3.56. The van der Waals surface area contributed by atoms with Crippen molar-refractivity contribution in [2.24, 2.45) is 5.41 Å². The molecule has 0 atom stereocenters. The zero-order valence-corrected chi connectivity index (χ0v) is 6.20. The Morgan fingerprint density at radius 2 is 2.00 bits per heavy atom. The molecule has 0 N–H and O–H groups in total. The number of hydrogen-bond donors (Lipinski definition) is 0. The Kier molecular flexibility index (Phi) is 3.11. The molecule has 0 heterocycles. The van der Waals surface area contributed by atoms with E-state index in [-0.39, 0.29) is 5.41 Å². The minimum absolute atomic E-state index is 0.177. The highest BCUT2D eigenvalue weighted by Crippen LogP contribution is 2.19. The summed E-state index contributed by atoms with van der Waals surface area (Å²) in [7, 11) is 0. The summed E-state index contributed by atoms with van der Waals surface area (Å²) in [4.78, 5) is 0. The third kappa shape index (κ3) is 6.00. The van der Waals surface area contributed by atoms with Gasteiger partial charge in [-0.15, -0.1) is 0 Å². The highest BCUT2D eigenvalue weighted by atomic mass is 14.1. The average molecular weight is 112 g/mol. The zero-order chi connectivity index (χ0) is 6.62. The molecule has 0 aliphatic carbocycles. The molecule has 48 valence electrons. The fraction of sp³-hybridized carbons (Fsp3) is 0.750. The van der Waals surface area contributed by atoms with E-state index in [4.69, 9.17) is 0 Å². The molecule has 8 heavy (non-hydrogen) atoms. The van der Waals surface area contributed by atoms with Crippen molar-refractivity contribution < 1.29 is 0 Å². The van der Waals surface area contributed by atoms with Gasteiger partial charge in [0.15, 0.2) is 0 Å². The fourth-order valence-electron chi connectivity index (χ4n) is 0.535. The van der Waals surface area contributed by atoms with Gasteiger partial charge < -0.3 is 0 Å². The van der Waals surface area contributed by atoms with Crippen LogP contribution in [0, 0.1) is 18.8 Å². The summed E-state index contributed by atoms with van der Waals surface area (Å²) >= 11 is 0. The van der Waals surface area contributed by atoms with Crippen molar-refractivity contribution in [3.05, 3.63) is 13.3 Å². The summed E-state index contributed by atoms with van der Waals surface area (Å²) < 4.78 is 0. The van der Waals surface area contributed by atoms with Crippen LogP contribution in [0.1, 0.15) is 33.6 Å². The molecule has 0 aromatic heterocycles. The third-order valence-electron chi connectivity index (χ3n) is 0.986. The van der Waals surface area contributed by atoms with Crippen molar-refractivity contribution in [3.63, 3.8) is 0 Å². The van der Waals surface area contributed by atoms with E-state index in [1.165, 1.54) is 12.8 Å². The maximum Gasteiger partial charge on any atom is -0.0323 e. The van der Waals surface area contributed by atoms with Crippen LogP contribution < -0.4 is 0 Å². The lowest BCUT2D eigenvalue weighted by atomic mass is 9.90. The molecule has 0 aromatic rings. The van der Waals surface area contributed by atoms with Crippen molar-refractivity contribution in [2.75, 3.05) is 0 Å². The van der Waals surface area contributed by atoms with Crippen LogP contribution in [0.4, 0.5) is 0 Å².